The van der Waals surface area contributed by atoms with E-state index in [9.17, 15) is 23.1 Å². The van der Waals surface area contributed by atoms with Gasteiger partial charge in [-0.2, -0.15) is 0 Å². The third-order valence-corrected chi connectivity index (χ3v) is 8.96. The molecule has 1 aromatic heterocycles. The van der Waals surface area contributed by atoms with E-state index in [1.54, 1.807) is 49.1 Å². The minimum absolute atomic E-state index is 0.0560. The quantitative estimate of drug-likeness (QED) is 0.472. The van der Waals surface area contributed by atoms with E-state index in [4.69, 9.17) is 23.2 Å². The monoisotopic (exact) mass is 540 g/mol. The molecule has 10 heteroatoms. The van der Waals surface area contributed by atoms with Gasteiger partial charge >= 0.3 is 5.97 Å². The molecule has 1 saturated heterocycles. The summed E-state index contributed by atoms with van der Waals surface area (Å²) in [5.41, 5.74) is 0.129. The van der Waals surface area contributed by atoms with Gasteiger partial charge in [-0.05, 0) is 42.7 Å². The molecule has 0 spiro atoms. The molecule has 1 aliphatic rings. The van der Waals surface area contributed by atoms with E-state index >= 15 is 0 Å². The number of aromatic nitrogens is 1. The first-order valence-corrected chi connectivity index (χ1v) is 14.1. The van der Waals surface area contributed by atoms with Crippen LogP contribution in [-0.4, -0.2) is 52.8 Å². The second-order valence-electron chi connectivity index (χ2n) is 9.32. The van der Waals surface area contributed by atoms with Gasteiger partial charge in [0.1, 0.15) is 0 Å². The molecule has 35 heavy (non-hydrogen) atoms. The number of aliphatic carboxylic acids is 1. The van der Waals surface area contributed by atoms with Gasteiger partial charge in [0.15, 0.2) is 9.84 Å². The van der Waals surface area contributed by atoms with Crippen LogP contribution in [0.1, 0.15) is 63.3 Å². The molecule has 1 aromatic carbocycles. The van der Waals surface area contributed by atoms with E-state index in [1.807, 2.05) is 13.0 Å². The highest BCUT2D eigenvalue weighted by molar-refractivity contribution is 7.91. The Bertz CT molecular complexity index is 1190. The van der Waals surface area contributed by atoms with E-state index in [-0.39, 0.29) is 30.3 Å². The van der Waals surface area contributed by atoms with E-state index in [0.717, 1.165) is 5.56 Å². The van der Waals surface area contributed by atoms with Crippen LogP contribution in [0.15, 0.2) is 42.6 Å². The van der Waals surface area contributed by atoms with Gasteiger partial charge in [-0.3, -0.25) is 14.6 Å². The number of piperidine rings is 1. The zero-order valence-electron chi connectivity index (χ0n) is 19.9. The van der Waals surface area contributed by atoms with Gasteiger partial charge in [0.25, 0.3) is 0 Å². The molecule has 0 unspecified atom stereocenters. The molecular formula is C25H30Cl2N2O5S. The molecule has 1 N–H and O–H groups in total. The maximum Gasteiger partial charge on any atom is 0.304 e. The lowest BCUT2D eigenvalue weighted by Gasteiger charge is -2.51. The molecule has 2 heterocycles. The number of hydrogen-bond acceptors (Lipinski definition) is 5. The Hall–Kier alpha value is -2.16. The number of carbonyl (C=O) groups excluding carboxylic acids is 1. The number of carbonyl (C=O) groups is 2. The van der Waals surface area contributed by atoms with Gasteiger partial charge in [-0.15, -0.1) is 0 Å². The number of sulfone groups is 1. The largest absolute Gasteiger partial charge is 0.481 e. The molecule has 0 radical (unpaired) electrons. The SMILES string of the molecule is CC[C@@H](CS(=O)(=O)CC)N1C(=O)[C@@](C)(CC(=O)O)C[C@H](c2cccc(Cl)c2)[C@H]1c1ccc(Cl)cn1. The predicted octanol–water partition coefficient (Wildman–Crippen LogP) is 5.14. The van der Waals surface area contributed by atoms with Crippen LogP contribution in [0, 0.1) is 5.41 Å². The average Bonchev–Trinajstić information content (AvgIpc) is 2.79. The fourth-order valence-corrected chi connectivity index (χ4v) is 6.47. The first kappa shape index (κ1) is 27.4. The number of pyridine rings is 1. The van der Waals surface area contributed by atoms with Crippen molar-refractivity contribution in [3.05, 3.63) is 63.9 Å². The second kappa shape index (κ2) is 10.8. The molecule has 2 aromatic rings. The van der Waals surface area contributed by atoms with Crippen molar-refractivity contribution in [2.75, 3.05) is 11.5 Å². The maximum atomic E-state index is 14.0. The molecule has 7 nitrogen and oxygen atoms in total. The lowest BCUT2D eigenvalue weighted by molar-refractivity contribution is -0.160. The fourth-order valence-electron chi connectivity index (χ4n) is 4.94. The summed E-state index contributed by atoms with van der Waals surface area (Å²) in [5.74, 6) is -2.13. The highest BCUT2D eigenvalue weighted by Gasteiger charge is 2.53. The number of benzene rings is 1. The van der Waals surface area contributed by atoms with Crippen LogP contribution >= 0.6 is 23.2 Å². The smallest absolute Gasteiger partial charge is 0.304 e. The molecule has 190 valence electrons. The van der Waals surface area contributed by atoms with E-state index in [2.05, 4.69) is 4.98 Å². The number of amides is 1. The number of carboxylic acids is 1. The fraction of sp³-hybridized carbons (Fsp3) is 0.480. The van der Waals surface area contributed by atoms with Crippen LogP contribution in [0.25, 0.3) is 0 Å². The van der Waals surface area contributed by atoms with Crippen LogP contribution in [-0.2, 0) is 19.4 Å². The van der Waals surface area contributed by atoms with Crippen LogP contribution in [0.5, 0.6) is 0 Å². The second-order valence-corrected chi connectivity index (χ2v) is 12.6. The van der Waals surface area contributed by atoms with Gasteiger partial charge in [0.2, 0.25) is 5.91 Å². The molecular weight excluding hydrogens is 511 g/mol. The maximum absolute atomic E-state index is 14.0. The first-order valence-electron chi connectivity index (χ1n) is 11.5. The summed E-state index contributed by atoms with van der Waals surface area (Å²) in [6.07, 6.45) is 1.72. The first-order chi connectivity index (χ1) is 16.4. The third-order valence-electron chi connectivity index (χ3n) is 6.72. The van der Waals surface area contributed by atoms with E-state index in [1.165, 1.54) is 6.20 Å². The third kappa shape index (κ3) is 6.16. The van der Waals surface area contributed by atoms with Gasteiger partial charge in [-0.25, -0.2) is 8.42 Å². The van der Waals surface area contributed by atoms with Crippen molar-refractivity contribution >= 4 is 44.9 Å². The van der Waals surface area contributed by atoms with Crippen molar-refractivity contribution in [3.63, 3.8) is 0 Å². The minimum Gasteiger partial charge on any atom is -0.481 e. The highest BCUT2D eigenvalue weighted by atomic mass is 35.5. The summed E-state index contributed by atoms with van der Waals surface area (Å²) in [5, 5.41) is 10.6. The van der Waals surface area contributed by atoms with Crippen molar-refractivity contribution in [1.82, 2.24) is 9.88 Å². The topological polar surface area (TPSA) is 105 Å². The normalized spacial score (nSPS) is 23.8. The van der Waals surface area contributed by atoms with Crippen molar-refractivity contribution in [3.8, 4) is 0 Å². The van der Waals surface area contributed by atoms with Gasteiger partial charge in [0.05, 0.1) is 34.3 Å². The van der Waals surface area contributed by atoms with Crippen LogP contribution in [0.2, 0.25) is 10.0 Å². The molecule has 0 aliphatic carbocycles. The van der Waals surface area contributed by atoms with Crippen molar-refractivity contribution in [2.45, 2.75) is 58.0 Å². The molecule has 1 aliphatic heterocycles. The number of carboxylic acid groups (broad SMARTS) is 1. The lowest BCUT2D eigenvalue weighted by Crippen LogP contribution is -2.57. The number of rotatable bonds is 9. The Kier molecular flexibility index (Phi) is 8.50. The van der Waals surface area contributed by atoms with Crippen LogP contribution < -0.4 is 0 Å². The highest BCUT2D eigenvalue weighted by Crippen LogP contribution is 2.51. The van der Waals surface area contributed by atoms with Gasteiger partial charge in [0, 0.05) is 28.9 Å². The average molecular weight is 541 g/mol. The molecule has 1 amide bonds. The Morgan fingerprint density at radius 2 is 1.94 bits per heavy atom. The molecule has 1 fully saturated rings. The molecule has 3 rings (SSSR count). The summed E-state index contributed by atoms with van der Waals surface area (Å²) in [7, 11) is -3.44. The van der Waals surface area contributed by atoms with Crippen molar-refractivity contribution in [1.29, 1.82) is 0 Å². The number of hydrogen-bond donors (Lipinski definition) is 1. The standard InChI is InChI=1S/C25H30Cl2N2O5S/c1-4-19(15-35(33,34)5-2)29-23(21-10-9-18(27)14-28-21)20(16-7-6-8-17(26)11-16)12-25(3,24(29)32)13-22(30)31/h6-11,14,19-20,23H,4-5,12-13,15H2,1-3H3,(H,30,31)/t19-,20+,23-,25+/m0/s1. The van der Waals surface area contributed by atoms with Crippen LogP contribution in [0.3, 0.4) is 0 Å². The molecule has 4 atom stereocenters. The molecule has 0 bridgehead atoms. The Morgan fingerprint density at radius 1 is 1.23 bits per heavy atom. The number of halogens is 2. The van der Waals surface area contributed by atoms with Crippen LogP contribution in [0.4, 0.5) is 0 Å². The zero-order valence-corrected chi connectivity index (χ0v) is 22.3. The minimum atomic E-state index is -3.44. The zero-order chi connectivity index (χ0) is 26.0. The van der Waals surface area contributed by atoms with E-state index in [0.29, 0.717) is 22.2 Å². The summed E-state index contributed by atoms with van der Waals surface area (Å²) in [6.45, 7) is 5.04. The van der Waals surface area contributed by atoms with Gasteiger partial charge in [-0.1, -0.05) is 56.1 Å². The number of nitrogens with zero attached hydrogens (tertiary/aromatic N) is 2. The Labute approximate surface area is 216 Å². The Balaban J connectivity index is 2.26. The number of likely N-dealkylation sites (tertiary alicyclic amines) is 1. The van der Waals surface area contributed by atoms with Crippen molar-refractivity contribution in [2.24, 2.45) is 5.41 Å². The predicted molar refractivity (Wildman–Crippen MR) is 136 cm³/mol. The summed E-state index contributed by atoms with van der Waals surface area (Å²) >= 11 is 12.4. The van der Waals surface area contributed by atoms with Crippen molar-refractivity contribution < 1.29 is 23.1 Å². The summed E-state index contributed by atoms with van der Waals surface area (Å²) in [6, 6.07) is 9.35. The summed E-state index contributed by atoms with van der Waals surface area (Å²) < 4.78 is 25.3. The van der Waals surface area contributed by atoms with Gasteiger partial charge < -0.3 is 10.0 Å². The molecule has 0 saturated carbocycles. The summed E-state index contributed by atoms with van der Waals surface area (Å²) in [4.78, 5) is 31.9. The Morgan fingerprint density at radius 3 is 2.49 bits per heavy atom. The lowest BCUT2D eigenvalue weighted by atomic mass is 9.67. The van der Waals surface area contributed by atoms with E-state index < -0.39 is 39.2 Å².